The van der Waals surface area contributed by atoms with E-state index >= 15 is 0 Å². The van der Waals surface area contributed by atoms with Crippen LogP contribution in [-0.4, -0.2) is 23.1 Å². The van der Waals surface area contributed by atoms with Crippen LogP contribution in [0.1, 0.15) is 18.4 Å². The number of ether oxygens (including phenoxy) is 1. The second-order valence-corrected chi connectivity index (χ2v) is 5.53. The second kappa shape index (κ2) is 7.58. The van der Waals surface area contributed by atoms with Gasteiger partial charge in [0.25, 0.3) is 0 Å². The minimum Gasteiger partial charge on any atom is -0.494 e. The molecule has 0 aliphatic rings. The van der Waals surface area contributed by atoms with Gasteiger partial charge in [-0.1, -0.05) is 29.8 Å². The lowest BCUT2D eigenvalue weighted by Gasteiger charge is -2.09. The van der Waals surface area contributed by atoms with Gasteiger partial charge in [-0.2, -0.15) is 0 Å². The third kappa shape index (κ3) is 4.19. The van der Waals surface area contributed by atoms with Crippen LogP contribution in [0.2, 0.25) is 0 Å². The normalized spacial score (nSPS) is 10.7. The molecule has 0 fully saturated rings. The number of anilines is 1. The highest BCUT2D eigenvalue weighted by Gasteiger charge is 2.01. The summed E-state index contributed by atoms with van der Waals surface area (Å²) in [5.41, 5.74) is 2.21. The molecule has 1 aromatic heterocycles. The van der Waals surface area contributed by atoms with E-state index in [9.17, 15) is 0 Å². The molecule has 0 bridgehead atoms. The van der Waals surface area contributed by atoms with E-state index < -0.39 is 0 Å². The van der Waals surface area contributed by atoms with Gasteiger partial charge in [0.1, 0.15) is 17.9 Å². The van der Waals surface area contributed by atoms with E-state index in [1.54, 1.807) is 6.33 Å². The maximum Gasteiger partial charge on any atom is 0.137 e. The fraction of sp³-hybridized carbons (Fsp3) is 0.263. The number of benzene rings is 2. The third-order valence-electron chi connectivity index (χ3n) is 3.70. The van der Waals surface area contributed by atoms with Crippen molar-refractivity contribution in [3.05, 3.63) is 60.4 Å². The molecule has 3 aromatic rings. The zero-order chi connectivity index (χ0) is 15.9. The summed E-state index contributed by atoms with van der Waals surface area (Å²) < 4.78 is 5.73. The fourth-order valence-electron chi connectivity index (χ4n) is 2.40. The highest BCUT2D eigenvalue weighted by molar-refractivity contribution is 5.88. The monoisotopic (exact) mass is 307 g/mol. The molecule has 1 N–H and O–H groups in total. The van der Waals surface area contributed by atoms with Gasteiger partial charge in [-0.15, -0.1) is 0 Å². The second-order valence-electron chi connectivity index (χ2n) is 5.53. The van der Waals surface area contributed by atoms with E-state index in [4.69, 9.17) is 4.74 Å². The van der Waals surface area contributed by atoms with Crippen molar-refractivity contribution in [3.8, 4) is 5.75 Å². The van der Waals surface area contributed by atoms with Crippen molar-refractivity contribution in [2.75, 3.05) is 18.5 Å². The number of hydrogen-bond donors (Lipinski definition) is 1. The summed E-state index contributed by atoms with van der Waals surface area (Å²) in [5, 5.41) is 4.45. The van der Waals surface area contributed by atoms with Crippen molar-refractivity contribution >= 4 is 16.7 Å². The lowest BCUT2D eigenvalue weighted by molar-refractivity contribution is 0.308. The molecule has 0 radical (unpaired) electrons. The number of unbranched alkanes of at least 4 members (excludes halogenated alkanes) is 1. The smallest absolute Gasteiger partial charge is 0.137 e. The van der Waals surface area contributed by atoms with Gasteiger partial charge in [-0.05, 0) is 44.0 Å². The van der Waals surface area contributed by atoms with Gasteiger partial charge in [-0.3, -0.25) is 0 Å². The molecule has 4 nitrogen and oxygen atoms in total. The number of aryl methyl sites for hydroxylation is 1. The fourth-order valence-corrected chi connectivity index (χ4v) is 2.40. The van der Waals surface area contributed by atoms with Gasteiger partial charge in [-0.25, -0.2) is 9.97 Å². The number of hydrogen-bond acceptors (Lipinski definition) is 4. The summed E-state index contributed by atoms with van der Waals surface area (Å²) in [4.78, 5) is 8.60. The molecule has 0 saturated heterocycles. The maximum absolute atomic E-state index is 5.73. The Morgan fingerprint density at radius 1 is 0.957 bits per heavy atom. The predicted octanol–water partition coefficient (Wildman–Crippen LogP) is 4.21. The standard InChI is InChI=1S/C19H21N3O/c1-15-8-10-16(11-9-15)23-13-5-4-12-20-19-17-6-2-3-7-18(17)21-14-22-19/h2-3,6-11,14H,4-5,12-13H2,1H3,(H,20,21,22). The summed E-state index contributed by atoms with van der Waals surface area (Å²) >= 11 is 0. The van der Waals surface area contributed by atoms with Gasteiger partial charge in [0.15, 0.2) is 0 Å². The molecule has 1 heterocycles. The van der Waals surface area contributed by atoms with Crippen LogP contribution >= 0.6 is 0 Å². The predicted molar refractivity (Wildman–Crippen MR) is 93.9 cm³/mol. The van der Waals surface area contributed by atoms with E-state index in [-0.39, 0.29) is 0 Å². The molecule has 0 aliphatic heterocycles. The highest BCUT2D eigenvalue weighted by atomic mass is 16.5. The Morgan fingerprint density at radius 2 is 1.78 bits per heavy atom. The third-order valence-corrected chi connectivity index (χ3v) is 3.70. The zero-order valence-electron chi connectivity index (χ0n) is 13.3. The zero-order valence-corrected chi connectivity index (χ0v) is 13.3. The summed E-state index contributed by atoms with van der Waals surface area (Å²) in [6, 6.07) is 16.2. The van der Waals surface area contributed by atoms with Crippen LogP contribution in [-0.2, 0) is 0 Å². The molecule has 0 spiro atoms. The molecule has 0 atom stereocenters. The average Bonchev–Trinajstić information content (AvgIpc) is 2.59. The van der Waals surface area contributed by atoms with Crippen molar-refractivity contribution < 1.29 is 4.74 Å². The molecule has 3 rings (SSSR count). The van der Waals surface area contributed by atoms with Gasteiger partial charge in [0, 0.05) is 11.9 Å². The van der Waals surface area contributed by atoms with Crippen LogP contribution in [0, 0.1) is 6.92 Å². The number of rotatable bonds is 7. The summed E-state index contributed by atoms with van der Waals surface area (Å²) in [5.74, 6) is 1.83. The van der Waals surface area contributed by atoms with Gasteiger partial charge >= 0.3 is 0 Å². The minimum atomic E-state index is 0.731. The minimum absolute atomic E-state index is 0.731. The first-order valence-electron chi connectivity index (χ1n) is 7.96. The van der Waals surface area contributed by atoms with Crippen LogP contribution in [0.25, 0.3) is 10.9 Å². The Labute approximate surface area is 136 Å². The molecule has 0 aliphatic carbocycles. The molecule has 23 heavy (non-hydrogen) atoms. The van der Waals surface area contributed by atoms with Crippen LogP contribution in [0.4, 0.5) is 5.82 Å². The SMILES string of the molecule is Cc1ccc(OCCCCNc2ncnc3ccccc23)cc1. The maximum atomic E-state index is 5.73. The largest absolute Gasteiger partial charge is 0.494 e. The van der Waals surface area contributed by atoms with Crippen LogP contribution in [0.3, 0.4) is 0 Å². The van der Waals surface area contributed by atoms with Crippen molar-refractivity contribution in [2.24, 2.45) is 0 Å². The number of nitrogens with zero attached hydrogens (tertiary/aromatic N) is 2. The Morgan fingerprint density at radius 3 is 2.65 bits per heavy atom. The topological polar surface area (TPSA) is 47.0 Å². The van der Waals surface area contributed by atoms with E-state index in [0.717, 1.165) is 48.5 Å². The Kier molecular flexibility index (Phi) is 5.04. The van der Waals surface area contributed by atoms with Crippen molar-refractivity contribution in [3.63, 3.8) is 0 Å². The molecule has 2 aromatic carbocycles. The molecule has 0 amide bonds. The number of para-hydroxylation sites is 1. The van der Waals surface area contributed by atoms with Crippen molar-refractivity contribution in [1.29, 1.82) is 0 Å². The van der Waals surface area contributed by atoms with Gasteiger partial charge < -0.3 is 10.1 Å². The van der Waals surface area contributed by atoms with Gasteiger partial charge in [0.2, 0.25) is 0 Å². The molecule has 118 valence electrons. The highest BCUT2D eigenvalue weighted by Crippen LogP contribution is 2.18. The van der Waals surface area contributed by atoms with E-state index in [0.29, 0.717) is 0 Å². The van der Waals surface area contributed by atoms with E-state index in [2.05, 4.69) is 34.3 Å². The van der Waals surface area contributed by atoms with Crippen LogP contribution in [0.15, 0.2) is 54.9 Å². The van der Waals surface area contributed by atoms with Crippen molar-refractivity contribution in [1.82, 2.24) is 9.97 Å². The molecule has 0 saturated carbocycles. The first-order valence-corrected chi connectivity index (χ1v) is 7.96. The number of aromatic nitrogens is 2. The molecule has 0 unspecified atom stereocenters. The van der Waals surface area contributed by atoms with Crippen LogP contribution < -0.4 is 10.1 Å². The van der Waals surface area contributed by atoms with E-state index in [1.807, 2.05) is 36.4 Å². The lowest BCUT2D eigenvalue weighted by atomic mass is 10.2. The quantitative estimate of drug-likeness (QED) is 0.664. The first-order chi connectivity index (χ1) is 11.3. The first kappa shape index (κ1) is 15.3. The Bertz CT molecular complexity index is 751. The van der Waals surface area contributed by atoms with Crippen LogP contribution in [0.5, 0.6) is 5.75 Å². The average molecular weight is 307 g/mol. The number of fused-ring (bicyclic) bond motifs is 1. The molecular formula is C19H21N3O. The molecule has 4 heteroatoms. The van der Waals surface area contributed by atoms with Crippen molar-refractivity contribution in [2.45, 2.75) is 19.8 Å². The Balaban J connectivity index is 1.42. The summed E-state index contributed by atoms with van der Waals surface area (Å²) in [6.07, 6.45) is 3.64. The lowest BCUT2D eigenvalue weighted by Crippen LogP contribution is -2.06. The summed E-state index contributed by atoms with van der Waals surface area (Å²) in [7, 11) is 0. The van der Waals surface area contributed by atoms with Gasteiger partial charge in [0.05, 0.1) is 12.1 Å². The number of nitrogens with one attached hydrogen (secondary N) is 1. The summed E-state index contributed by atoms with van der Waals surface area (Å²) in [6.45, 7) is 3.68. The van der Waals surface area contributed by atoms with E-state index in [1.165, 1.54) is 5.56 Å². The Hall–Kier alpha value is -2.62. The molecular weight excluding hydrogens is 286 g/mol.